The number of hydrogen-bond donors (Lipinski definition) is 3. The maximum atomic E-state index is 13.6. The molecule has 0 saturated carbocycles. The first-order valence-corrected chi connectivity index (χ1v) is 17.9. The molecule has 0 spiro atoms. The Kier molecular flexibility index (Phi) is 10.3. The number of benzene rings is 2. The van der Waals surface area contributed by atoms with Gasteiger partial charge in [-0.1, -0.05) is 19.1 Å². The molecule has 7 rings (SSSR count). The minimum absolute atomic E-state index is 0.0758. The van der Waals surface area contributed by atoms with Crippen molar-refractivity contribution < 1.29 is 37.5 Å². The van der Waals surface area contributed by atoms with Crippen molar-refractivity contribution in [2.45, 2.75) is 53.1 Å². The van der Waals surface area contributed by atoms with Gasteiger partial charge in [-0.25, -0.2) is 19.9 Å². The summed E-state index contributed by atoms with van der Waals surface area (Å²) in [6.45, 7) is 6.48. The topological polar surface area (TPSA) is 242 Å². The molecule has 290 valence electrons. The lowest BCUT2D eigenvalue weighted by molar-refractivity contribution is 0.0987. The lowest BCUT2D eigenvalue weighted by atomic mass is 10.1. The van der Waals surface area contributed by atoms with Gasteiger partial charge >= 0.3 is 0 Å². The third-order valence-corrected chi connectivity index (χ3v) is 9.25. The molecule has 56 heavy (non-hydrogen) atoms. The first-order valence-electron chi connectivity index (χ1n) is 17.9. The zero-order valence-corrected chi connectivity index (χ0v) is 31.2. The Morgan fingerprint density at radius 1 is 0.839 bits per heavy atom. The van der Waals surface area contributed by atoms with E-state index >= 15 is 0 Å². The van der Waals surface area contributed by atoms with Crippen LogP contribution in [0.15, 0.2) is 45.3 Å². The number of ether oxygens (including phenoxy) is 2. The minimum atomic E-state index is -0.675. The molecule has 0 unspecified atom stereocenters. The maximum absolute atomic E-state index is 13.6. The number of nitrogens with zero attached hydrogens (tertiary/aromatic N) is 7. The maximum Gasteiger partial charge on any atom is 0.295 e. The molecule has 4 aromatic heterocycles. The average molecular weight is 765 g/mol. The van der Waals surface area contributed by atoms with E-state index < -0.39 is 17.7 Å². The summed E-state index contributed by atoms with van der Waals surface area (Å²) in [6.07, 6.45) is 5.72. The van der Waals surface area contributed by atoms with Crippen molar-refractivity contribution in [2.75, 3.05) is 37.0 Å². The zero-order chi connectivity index (χ0) is 39.7. The minimum Gasteiger partial charge on any atom is -0.491 e. The molecule has 6 aromatic rings. The Morgan fingerprint density at radius 2 is 1.43 bits per heavy atom. The van der Waals surface area contributed by atoms with Gasteiger partial charge in [0.15, 0.2) is 23.8 Å². The van der Waals surface area contributed by atoms with Crippen LogP contribution in [0.1, 0.15) is 78.3 Å². The molecule has 1 aliphatic rings. The SMILES string of the molecule is CCc1nc(C)oc1C(=O)Nc1nc2cc(C(N)=O)cc3c2n1C/C=C/Cn1c(N(C)CCc2nc(C)oc2C=O)nc2cc(C(N)=O)cc(c21)OCCCO3. The molecular weight excluding hydrogens is 724 g/mol. The Labute approximate surface area is 319 Å². The summed E-state index contributed by atoms with van der Waals surface area (Å²) >= 11 is 0. The fourth-order valence-corrected chi connectivity index (χ4v) is 6.65. The normalized spacial score (nSPS) is 13.7. The van der Waals surface area contributed by atoms with Gasteiger partial charge in [0.05, 0.1) is 35.6 Å². The highest BCUT2D eigenvalue weighted by atomic mass is 16.5. The van der Waals surface area contributed by atoms with Gasteiger partial charge in [-0.15, -0.1) is 0 Å². The van der Waals surface area contributed by atoms with Crippen molar-refractivity contribution in [3.8, 4) is 11.5 Å². The monoisotopic (exact) mass is 764 g/mol. The molecule has 18 nitrogen and oxygen atoms in total. The first-order chi connectivity index (χ1) is 26.9. The van der Waals surface area contributed by atoms with Crippen LogP contribution in [-0.2, 0) is 25.9 Å². The molecular formula is C38H40N10O8. The molecule has 2 aromatic carbocycles. The van der Waals surface area contributed by atoms with E-state index in [-0.39, 0.29) is 48.4 Å². The van der Waals surface area contributed by atoms with Gasteiger partial charge in [0.2, 0.25) is 29.5 Å². The van der Waals surface area contributed by atoms with Gasteiger partial charge in [0, 0.05) is 64.5 Å². The zero-order valence-electron chi connectivity index (χ0n) is 31.2. The molecule has 0 saturated heterocycles. The lowest BCUT2D eigenvalue weighted by Gasteiger charge is -2.19. The fraction of sp³-hybridized carbons (Fsp3) is 0.316. The highest BCUT2D eigenvalue weighted by molar-refractivity contribution is 6.04. The number of primary amides is 2. The summed E-state index contributed by atoms with van der Waals surface area (Å²) in [5, 5.41) is 2.87. The predicted molar refractivity (Wildman–Crippen MR) is 203 cm³/mol. The van der Waals surface area contributed by atoms with E-state index in [0.717, 1.165) is 0 Å². The number of allylic oxidation sites excluding steroid dienone is 2. The molecule has 0 radical (unpaired) electrons. The van der Waals surface area contributed by atoms with Crippen LogP contribution in [0.25, 0.3) is 22.1 Å². The van der Waals surface area contributed by atoms with Crippen LogP contribution in [0.3, 0.4) is 0 Å². The first kappa shape index (κ1) is 37.3. The predicted octanol–water partition coefficient (Wildman–Crippen LogP) is 3.90. The molecule has 0 atom stereocenters. The van der Waals surface area contributed by atoms with Crippen molar-refractivity contribution in [2.24, 2.45) is 11.5 Å². The number of likely N-dealkylation sites (N-methyl/N-ethyl adjacent to an activating group) is 1. The highest BCUT2D eigenvalue weighted by Crippen LogP contribution is 2.34. The Morgan fingerprint density at radius 3 is 2.05 bits per heavy atom. The van der Waals surface area contributed by atoms with Crippen LogP contribution >= 0.6 is 0 Å². The molecule has 1 aliphatic heterocycles. The summed E-state index contributed by atoms with van der Waals surface area (Å²) in [6, 6.07) is 6.30. The Hall–Kier alpha value is -6.98. The van der Waals surface area contributed by atoms with Crippen LogP contribution in [0.4, 0.5) is 11.9 Å². The largest absolute Gasteiger partial charge is 0.491 e. The Balaban J connectivity index is 1.30. The lowest BCUT2D eigenvalue weighted by Crippen LogP contribution is -2.24. The molecule has 0 fully saturated rings. The van der Waals surface area contributed by atoms with Crippen LogP contribution in [-0.4, -0.2) is 79.9 Å². The summed E-state index contributed by atoms with van der Waals surface area (Å²) < 4.78 is 27.3. The average Bonchev–Trinajstić information content (AvgIpc) is 3.93. The number of amides is 3. The number of nitrogens with two attached hydrogens (primary N) is 2. The van der Waals surface area contributed by atoms with E-state index in [2.05, 4.69) is 15.3 Å². The number of carbonyl (C=O) groups is 4. The van der Waals surface area contributed by atoms with E-state index in [1.807, 2.05) is 35.6 Å². The second-order valence-electron chi connectivity index (χ2n) is 13.2. The fourth-order valence-electron chi connectivity index (χ4n) is 6.65. The van der Waals surface area contributed by atoms with Crippen molar-refractivity contribution in [3.05, 3.63) is 82.2 Å². The van der Waals surface area contributed by atoms with E-state index in [1.54, 1.807) is 42.7 Å². The molecule has 0 aliphatic carbocycles. The number of anilines is 2. The number of aldehydes is 1. The standard InChI is InChI=1S/C38H40N10O8/c1-5-24-33(56-21(3)41-24)36(52)45-37-43-26-15-22(34(39)50)17-28-31(26)47(37)10-6-7-11-48-32-27(16-23(35(40)51)18-29(32)54-14-8-13-53-28)44-38(48)46(4)12-9-25-30(19-49)55-20(2)42-25/h6-7,15-19H,5,8-14H2,1-4H3,(H2,39,50)(H2,40,51)(H,43,45,52)/b7-6+. The van der Waals surface area contributed by atoms with Gasteiger partial charge in [-0.2, -0.15) is 0 Å². The number of oxazole rings is 2. The molecule has 18 heteroatoms. The quantitative estimate of drug-likeness (QED) is 0.133. The second kappa shape index (κ2) is 15.4. The molecule has 5 heterocycles. The number of carbonyl (C=O) groups excluding carboxylic acids is 4. The van der Waals surface area contributed by atoms with E-state index in [9.17, 15) is 19.2 Å². The van der Waals surface area contributed by atoms with E-state index in [4.69, 9.17) is 39.7 Å². The molecule has 3 amide bonds. The van der Waals surface area contributed by atoms with Gasteiger partial charge in [0.1, 0.15) is 22.5 Å². The van der Waals surface area contributed by atoms with Crippen LogP contribution in [0.5, 0.6) is 11.5 Å². The van der Waals surface area contributed by atoms with Gasteiger partial charge < -0.3 is 43.8 Å². The number of aryl methyl sites for hydroxylation is 3. The summed E-state index contributed by atoms with van der Waals surface area (Å²) in [5.41, 5.74) is 14.9. The van der Waals surface area contributed by atoms with Crippen LogP contribution in [0, 0.1) is 13.8 Å². The van der Waals surface area contributed by atoms with E-state index in [0.29, 0.717) is 101 Å². The van der Waals surface area contributed by atoms with Crippen LogP contribution < -0.4 is 31.2 Å². The van der Waals surface area contributed by atoms with Crippen LogP contribution in [0.2, 0.25) is 0 Å². The molecule has 5 N–H and O–H groups in total. The third-order valence-electron chi connectivity index (χ3n) is 9.25. The number of aromatic nitrogens is 6. The van der Waals surface area contributed by atoms with Gasteiger partial charge in [-0.05, 0) is 30.7 Å². The van der Waals surface area contributed by atoms with Crippen molar-refractivity contribution >= 4 is 58.0 Å². The number of hydrogen-bond acceptors (Lipinski definition) is 13. The van der Waals surface area contributed by atoms with E-state index in [1.165, 1.54) is 0 Å². The number of imidazole rings is 2. The third kappa shape index (κ3) is 7.27. The van der Waals surface area contributed by atoms with Gasteiger partial charge in [-0.3, -0.25) is 24.5 Å². The second-order valence-corrected chi connectivity index (χ2v) is 13.2. The van der Waals surface area contributed by atoms with Gasteiger partial charge in [0.25, 0.3) is 5.91 Å². The van der Waals surface area contributed by atoms with Crippen molar-refractivity contribution in [3.63, 3.8) is 0 Å². The summed E-state index contributed by atoms with van der Waals surface area (Å²) in [7, 11) is 1.86. The number of rotatable bonds is 10. The van der Waals surface area contributed by atoms with Crippen molar-refractivity contribution in [1.29, 1.82) is 0 Å². The summed E-state index contributed by atoms with van der Waals surface area (Å²) in [5.74, 6) is 0.604. The summed E-state index contributed by atoms with van der Waals surface area (Å²) in [4.78, 5) is 70.1. The smallest absolute Gasteiger partial charge is 0.295 e. The highest BCUT2D eigenvalue weighted by Gasteiger charge is 2.25. The Bertz CT molecular complexity index is 2540. The van der Waals surface area contributed by atoms with Crippen molar-refractivity contribution in [1.82, 2.24) is 29.1 Å². The number of nitrogens with one attached hydrogen (secondary N) is 1. The molecule has 0 bridgehead atoms.